The highest BCUT2D eigenvalue weighted by Gasteiger charge is 2.29. The van der Waals surface area contributed by atoms with Crippen molar-refractivity contribution < 1.29 is 9.90 Å². The van der Waals surface area contributed by atoms with Crippen LogP contribution in [0.1, 0.15) is 40.0 Å². The molecular formula is C13H25NO2. The molecule has 2 unspecified atom stereocenters. The van der Waals surface area contributed by atoms with E-state index in [9.17, 15) is 4.79 Å². The number of carboxylic acids is 1. The molecule has 0 radical (unpaired) electrons. The van der Waals surface area contributed by atoms with Gasteiger partial charge in [0, 0.05) is 19.6 Å². The summed E-state index contributed by atoms with van der Waals surface area (Å²) in [6.45, 7) is 9.49. The van der Waals surface area contributed by atoms with Crippen molar-refractivity contribution in [2.75, 3.05) is 19.6 Å². The molecule has 1 fully saturated rings. The molecule has 1 saturated heterocycles. The van der Waals surface area contributed by atoms with Crippen LogP contribution in [0.4, 0.5) is 0 Å². The molecule has 2 atom stereocenters. The normalized spacial score (nSPS) is 27.2. The lowest BCUT2D eigenvalue weighted by atomic mass is 9.89. The summed E-state index contributed by atoms with van der Waals surface area (Å²) in [4.78, 5) is 13.4. The topological polar surface area (TPSA) is 40.5 Å². The number of piperidine rings is 1. The maximum absolute atomic E-state index is 11.0. The maximum atomic E-state index is 11.0. The molecule has 0 aromatic carbocycles. The van der Waals surface area contributed by atoms with E-state index in [4.69, 9.17) is 5.11 Å². The second-order valence-electron chi connectivity index (χ2n) is 5.28. The van der Waals surface area contributed by atoms with Crippen molar-refractivity contribution in [2.24, 2.45) is 17.8 Å². The largest absolute Gasteiger partial charge is 0.481 e. The first-order valence-electron chi connectivity index (χ1n) is 6.51. The fraction of sp³-hybridized carbons (Fsp3) is 0.923. The zero-order chi connectivity index (χ0) is 12.1. The predicted molar refractivity (Wildman–Crippen MR) is 65.4 cm³/mol. The molecule has 1 rings (SSSR count). The molecular weight excluding hydrogens is 202 g/mol. The molecule has 0 aromatic heterocycles. The van der Waals surface area contributed by atoms with Gasteiger partial charge in [0.2, 0.25) is 0 Å². The summed E-state index contributed by atoms with van der Waals surface area (Å²) in [5, 5.41) is 9.10. The van der Waals surface area contributed by atoms with Crippen LogP contribution in [0.25, 0.3) is 0 Å². The molecule has 3 heteroatoms. The minimum atomic E-state index is -0.624. The van der Waals surface area contributed by atoms with Crippen molar-refractivity contribution in [3.05, 3.63) is 0 Å². The predicted octanol–water partition coefficient (Wildman–Crippen LogP) is 2.47. The van der Waals surface area contributed by atoms with Crippen LogP contribution in [-0.2, 0) is 4.79 Å². The molecule has 0 aromatic rings. The minimum absolute atomic E-state index is 0.155. The molecule has 0 aliphatic carbocycles. The average Bonchev–Trinajstić information content (AvgIpc) is 2.25. The molecule has 16 heavy (non-hydrogen) atoms. The summed E-state index contributed by atoms with van der Waals surface area (Å²) < 4.78 is 0. The van der Waals surface area contributed by atoms with E-state index < -0.39 is 5.97 Å². The van der Waals surface area contributed by atoms with E-state index in [1.54, 1.807) is 0 Å². The fourth-order valence-corrected chi connectivity index (χ4v) is 2.70. The second-order valence-corrected chi connectivity index (χ2v) is 5.28. The third-order valence-corrected chi connectivity index (χ3v) is 3.76. The minimum Gasteiger partial charge on any atom is -0.481 e. The van der Waals surface area contributed by atoms with Crippen molar-refractivity contribution >= 4 is 5.97 Å². The number of carbonyl (C=O) groups is 1. The van der Waals surface area contributed by atoms with E-state index in [2.05, 4.69) is 25.7 Å². The number of hydrogen-bond acceptors (Lipinski definition) is 2. The molecule has 1 N–H and O–H groups in total. The maximum Gasteiger partial charge on any atom is 0.307 e. The van der Waals surface area contributed by atoms with Crippen LogP contribution in [0.15, 0.2) is 0 Å². The monoisotopic (exact) mass is 227 g/mol. The lowest BCUT2D eigenvalue weighted by Gasteiger charge is -2.36. The number of nitrogens with zero attached hydrogens (tertiary/aromatic N) is 1. The van der Waals surface area contributed by atoms with Crippen LogP contribution >= 0.6 is 0 Å². The summed E-state index contributed by atoms with van der Waals surface area (Å²) in [6, 6.07) is 0. The zero-order valence-corrected chi connectivity index (χ0v) is 10.8. The number of carboxylic acid groups (broad SMARTS) is 1. The van der Waals surface area contributed by atoms with Gasteiger partial charge >= 0.3 is 5.97 Å². The summed E-state index contributed by atoms with van der Waals surface area (Å²) in [6.07, 6.45) is 3.23. The molecule has 3 nitrogen and oxygen atoms in total. The first kappa shape index (κ1) is 13.5. The summed E-state index contributed by atoms with van der Waals surface area (Å²) >= 11 is 0. The van der Waals surface area contributed by atoms with Crippen LogP contribution in [0.2, 0.25) is 0 Å². The molecule has 0 amide bonds. The summed E-state index contributed by atoms with van der Waals surface area (Å²) in [5.74, 6) is 0.461. The third kappa shape index (κ3) is 3.78. The lowest BCUT2D eigenvalue weighted by Crippen LogP contribution is -2.44. The van der Waals surface area contributed by atoms with Crippen molar-refractivity contribution in [1.29, 1.82) is 0 Å². The Morgan fingerprint density at radius 2 is 2.00 bits per heavy atom. The summed E-state index contributed by atoms with van der Waals surface area (Å²) in [5.41, 5.74) is 0. The van der Waals surface area contributed by atoms with Crippen LogP contribution in [0, 0.1) is 17.8 Å². The van der Waals surface area contributed by atoms with Gasteiger partial charge in [0.05, 0.1) is 5.92 Å². The average molecular weight is 227 g/mol. The number of likely N-dealkylation sites (tertiary alicyclic amines) is 1. The van der Waals surface area contributed by atoms with Gasteiger partial charge in [-0.3, -0.25) is 4.79 Å². The Balaban J connectivity index is 2.50. The van der Waals surface area contributed by atoms with Crippen molar-refractivity contribution in [2.45, 2.75) is 40.0 Å². The molecule has 0 bridgehead atoms. The number of aliphatic carboxylic acids is 1. The van der Waals surface area contributed by atoms with Gasteiger partial charge in [-0.1, -0.05) is 33.6 Å². The van der Waals surface area contributed by atoms with Gasteiger partial charge in [-0.2, -0.15) is 0 Å². The molecule has 94 valence electrons. The highest BCUT2D eigenvalue weighted by atomic mass is 16.4. The Labute approximate surface area is 98.8 Å². The number of rotatable bonds is 5. The lowest BCUT2D eigenvalue weighted by molar-refractivity contribution is -0.144. The van der Waals surface area contributed by atoms with Crippen LogP contribution in [-0.4, -0.2) is 35.6 Å². The van der Waals surface area contributed by atoms with Crippen LogP contribution in [0.5, 0.6) is 0 Å². The highest BCUT2D eigenvalue weighted by Crippen LogP contribution is 2.23. The highest BCUT2D eigenvalue weighted by molar-refractivity contribution is 5.70. The van der Waals surface area contributed by atoms with Gasteiger partial charge < -0.3 is 10.0 Å². The van der Waals surface area contributed by atoms with E-state index >= 15 is 0 Å². The van der Waals surface area contributed by atoms with E-state index in [-0.39, 0.29) is 5.92 Å². The smallest absolute Gasteiger partial charge is 0.307 e. The molecule has 1 heterocycles. The van der Waals surface area contributed by atoms with Gasteiger partial charge in [0.25, 0.3) is 0 Å². The SMILES string of the molecule is CCC(CC)CN1CC(C)CC(C(=O)O)C1. The standard InChI is InChI=1S/C13H25NO2/c1-4-11(5-2)8-14-7-10(3)6-12(9-14)13(15)16/h10-12H,4-9H2,1-3H3,(H,15,16). The fourth-order valence-electron chi connectivity index (χ4n) is 2.70. The van der Waals surface area contributed by atoms with Crippen molar-refractivity contribution in [1.82, 2.24) is 4.90 Å². The quantitative estimate of drug-likeness (QED) is 0.784. The van der Waals surface area contributed by atoms with Crippen LogP contribution in [0.3, 0.4) is 0 Å². The van der Waals surface area contributed by atoms with Crippen molar-refractivity contribution in [3.8, 4) is 0 Å². The van der Waals surface area contributed by atoms with E-state index in [1.807, 2.05) is 0 Å². The van der Waals surface area contributed by atoms with Crippen molar-refractivity contribution in [3.63, 3.8) is 0 Å². The Hall–Kier alpha value is -0.570. The zero-order valence-electron chi connectivity index (χ0n) is 10.8. The molecule has 0 saturated carbocycles. The number of hydrogen-bond donors (Lipinski definition) is 1. The Morgan fingerprint density at radius 1 is 1.38 bits per heavy atom. The Morgan fingerprint density at radius 3 is 2.50 bits per heavy atom. The Bertz CT molecular complexity index is 226. The second kappa shape index (κ2) is 6.24. The van der Waals surface area contributed by atoms with Gasteiger partial charge in [-0.05, 0) is 18.3 Å². The Kier molecular flexibility index (Phi) is 5.26. The summed E-state index contributed by atoms with van der Waals surface area (Å²) in [7, 11) is 0. The van der Waals surface area contributed by atoms with E-state index in [0.29, 0.717) is 5.92 Å². The van der Waals surface area contributed by atoms with Gasteiger partial charge in [0.15, 0.2) is 0 Å². The van der Waals surface area contributed by atoms with E-state index in [1.165, 1.54) is 12.8 Å². The molecule has 0 spiro atoms. The van der Waals surface area contributed by atoms with E-state index in [0.717, 1.165) is 32.0 Å². The van der Waals surface area contributed by atoms with Gasteiger partial charge in [-0.25, -0.2) is 0 Å². The first-order chi connectivity index (χ1) is 7.56. The first-order valence-corrected chi connectivity index (χ1v) is 6.51. The third-order valence-electron chi connectivity index (χ3n) is 3.76. The van der Waals surface area contributed by atoms with Gasteiger partial charge in [0.1, 0.15) is 0 Å². The molecule has 1 aliphatic heterocycles. The molecule has 1 aliphatic rings. The van der Waals surface area contributed by atoms with Gasteiger partial charge in [-0.15, -0.1) is 0 Å². The van der Waals surface area contributed by atoms with Crippen LogP contribution < -0.4 is 0 Å².